The van der Waals surface area contributed by atoms with Crippen molar-refractivity contribution >= 4 is 36.5 Å². The van der Waals surface area contributed by atoms with Gasteiger partial charge in [0.25, 0.3) is 9.05 Å². The monoisotopic (exact) mass is 269 g/mol. The Kier molecular flexibility index (Phi) is 2.02. The molecule has 0 aliphatic heterocycles. The van der Waals surface area contributed by atoms with E-state index in [1.807, 2.05) is 35.9 Å². The summed E-state index contributed by atoms with van der Waals surface area (Å²) in [4.78, 5) is 4.03. The van der Waals surface area contributed by atoms with Gasteiger partial charge in [-0.25, -0.2) is 8.42 Å². The number of halogens is 1. The SMILES string of the molecule is Cn1c2ccccc2n2cc(S(=O)(=O)Cl)nc12. The third kappa shape index (κ3) is 1.44. The number of para-hydroxylation sites is 2. The van der Waals surface area contributed by atoms with E-state index >= 15 is 0 Å². The van der Waals surface area contributed by atoms with Crippen molar-refractivity contribution in [2.24, 2.45) is 7.05 Å². The molecule has 0 spiro atoms. The van der Waals surface area contributed by atoms with Gasteiger partial charge in [0.1, 0.15) is 0 Å². The highest BCUT2D eigenvalue weighted by Gasteiger charge is 2.18. The summed E-state index contributed by atoms with van der Waals surface area (Å²) in [5.41, 5.74) is 1.87. The minimum Gasteiger partial charge on any atom is -0.313 e. The minimum absolute atomic E-state index is 0.129. The van der Waals surface area contributed by atoms with Gasteiger partial charge < -0.3 is 4.57 Å². The summed E-state index contributed by atoms with van der Waals surface area (Å²) in [6.45, 7) is 0. The van der Waals surface area contributed by atoms with Crippen LogP contribution >= 0.6 is 10.7 Å². The van der Waals surface area contributed by atoms with Crippen molar-refractivity contribution < 1.29 is 8.42 Å². The molecule has 0 saturated heterocycles. The Morgan fingerprint density at radius 1 is 1.24 bits per heavy atom. The molecule has 3 aromatic rings. The molecule has 1 aromatic carbocycles. The maximum absolute atomic E-state index is 11.2. The van der Waals surface area contributed by atoms with Crippen molar-refractivity contribution in [2.45, 2.75) is 5.03 Å². The number of aryl methyl sites for hydroxylation is 1. The highest BCUT2D eigenvalue weighted by Crippen LogP contribution is 2.22. The summed E-state index contributed by atoms with van der Waals surface area (Å²) in [5, 5.41) is -0.129. The number of fused-ring (bicyclic) bond motifs is 3. The first kappa shape index (κ1) is 10.6. The zero-order valence-corrected chi connectivity index (χ0v) is 10.4. The van der Waals surface area contributed by atoms with Gasteiger partial charge >= 0.3 is 0 Å². The van der Waals surface area contributed by atoms with Crippen molar-refractivity contribution in [2.75, 3.05) is 0 Å². The Balaban J connectivity index is 2.50. The molecule has 2 heterocycles. The molecule has 5 nitrogen and oxygen atoms in total. The minimum atomic E-state index is -3.79. The van der Waals surface area contributed by atoms with Crippen LogP contribution in [0, 0.1) is 0 Å². The second kappa shape index (κ2) is 3.24. The van der Waals surface area contributed by atoms with Gasteiger partial charge in [0, 0.05) is 17.7 Å². The number of nitrogens with zero attached hydrogens (tertiary/aromatic N) is 3. The van der Waals surface area contributed by atoms with Crippen molar-refractivity contribution in [3.05, 3.63) is 30.5 Å². The van der Waals surface area contributed by atoms with Gasteiger partial charge in [0.05, 0.1) is 17.2 Å². The topological polar surface area (TPSA) is 56.4 Å². The van der Waals surface area contributed by atoms with E-state index in [1.54, 1.807) is 4.40 Å². The Morgan fingerprint density at radius 2 is 1.88 bits per heavy atom. The maximum Gasteiger partial charge on any atom is 0.280 e. The molecule has 0 unspecified atom stereocenters. The Hall–Kier alpha value is -1.53. The summed E-state index contributed by atoms with van der Waals surface area (Å²) in [6.07, 6.45) is 1.43. The fraction of sp³-hybridized carbons (Fsp3) is 0.100. The molecule has 0 amide bonds. The van der Waals surface area contributed by atoms with Crippen LogP contribution in [0.5, 0.6) is 0 Å². The third-order valence-corrected chi connectivity index (χ3v) is 3.89. The number of imidazole rings is 2. The molecule has 2 aromatic heterocycles. The lowest BCUT2D eigenvalue weighted by Crippen LogP contribution is -1.92. The number of hydrogen-bond donors (Lipinski definition) is 0. The van der Waals surface area contributed by atoms with Crippen LogP contribution in [0.4, 0.5) is 0 Å². The second-order valence-corrected chi connectivity index (χ2v) is 6.25. The Bertz CT molecular complexity index is 832. The van der Waals surface area contributed by atoms with Gasteiger partial charge in [-0.15, -0.1) is 0 Å². The molecular formula is C10H8ClN3O2S. The molecule has 0 atom stereocenters. The number of rotatable bonds is 1. The van der Waals surface area contributed by atoms with Crippen molar-refractivity contribution in [3.8, 4) is 0 Å². The summed E-state index contributed by atoms with van der Waals surface area (Å²) in [5.74, 6) is 0.547. The third-order valence-electron chi connectivity index (χ3n) is 2.72. The van der Waals surface area contributed by atoms with E-state index in [-0.39, 0.29) is 5.03 Å². The van der Waals surface area contributed by atoms with Crippen LogP contribution in [0.15, 0.2) is 35.5 Å². The first-order valence-corrected chi connectivity index (χ1v) is 7.16. The lowest BCUT2D eigenvalue weighted by atomic mass is 10.3. The van der Waals surface area contributed by atoms with Crippen molar-refractivity contribution in [1.29, 1.82) is 0 Å². The fourth-order valence-electron chi connectivity index (χ4n) is 1.94. The molecular weight excluding hydrogens is 262 g/mol. The van der Waals surface area contributed by atoms with Gasteiger partial charge in [0.15, 0.2) is 5.03 Å². The zero-order chi connectivity index (χ0) is 12.2. The molecule has 7 heteroatoms. The standard InChI is InChI=1S/C10H8ClN3O2S/c1-13-7-4-2-3-5-8(7)14-6-9(12-10(13)14)17(11,15)16/h2-6H,1H3. The largest absolute Gasteiger partial charge is 0.313 e. The predicted octanol–water partition coefficient (Wildman–Crippen LogP) is 1.75. The smallest absolute Gasteiger partial charge is 0.280 e. The van der Waals surface area contributed by atoms with E-state index < -0.39 is 9.05 Å². The number of hydrogen-bond acceptors (Lipinski definition) is 3. The quantitative estimate of drug-likeness (QED) is 0.633. The van der Waals surface area contributed by atoms with Gasteiger partial charge in [-0.3, -0.25) is 4.40 Å². The summed E-state index contributed by atoms with van der Waals surface area (Å²) in [6, 6.07) is 7.64. The van der Waals surface area contributed by atoms with Gasteiger partial charge in [-0.2, -0.15) is 4.98 Å². The molecule has 0 saturated carbocycles. The average molecular weight is 270 g/mol. The first-order valence-electron chi connectivity index (χ1n) is 4.85. The molecule has 0 radical (unpaired) electrons. The van der Waals surface area contributed by atoms with E-state index in [2.05, 4.69) is 4.98 Å². The highest BCUT2D eigenvalue weighted by atomic mass is 35.7. The summed E-state index contributed by atoms with van der Waals surface area (Å²) < 4.78 is 26.0. The van der Waals surface area contributed by atoms with Gasteiger partial charge in [-0.1, -0.05) is 12.1 Å². The highest BCUT2D eigenvalue weighted by molar-refractivity contribution is 8.13. The van der Waals surface area contributed by atoms with E-state index in [0.29, 0.717) is 5.78 Å². The van der Waals surface area contributed by atoms with E-state index in [1.165, 1.54) is 6.20 Å². The Labute approximate surface area is 102 Å². The summed E-state index contributed by atoms with van der Waals surface area (Å²) >= 11 is 0. The second-order valence-electron chi connectivity index (χ2n) is 3.73. The van der Waals surface area contributed by atoms with Crippen molar-refractivity contribution in [1.82, 2.24) is 14.0 Å². The van der Waals surface area contributed by atoms with Crippen molar-refractivity contribution in [3.63, 3.8) is 0 Å². The zero-order valence-electron chi connectivity index (χ0n) is 8.83. The predicted molar refractivity (Wildman–Crippen MR) is 64.7 cm³/mol. The normalized spacial score (nSPS) is 12.6. The fourth-order valence-corrected chi connectivity index (χ4v) is 2.59. The Morgan fingerprint density at radius 3 is 2.53 bits per heavy atom. The average Bonchev–Trinajstić information content (AvgIpc) is 2.80. The van der Waals surface area contributed by atoms with Crippen LogP contribution in [0.2, 0.25) is 0 Å². The van der Waals surface area contributed by atoms with Crippen LogP contribution in [-0.4, -0.2) is 22.4 Å². The molecule has 3 rings (SSSR count). The lowest BCUT2D eigenvalue weighted by molar-refractivity contribution is 0.607. The summed E-state index contributed by atoms with van der Waals surface area (Å²) in [7, 11) is 3.31. The van der Waals surface area contributed by atoms with Crippen LogP contribution < -0.4 is 0 Å². The van der Waals surface area contributed by atoms with Crippen LogP contribution in [0.1, 0.15) is 0 Å². The lowest BCUT2D eigenvalue weighted by Gasteiger charge is -1.93. The maximum atomic E-state index is 11.2. The molecule has 0 fully saturated rings. The van der Waals surface area contributed by atoms with Gasteiger partial charge in [0.2, 0.25) is 5.78 Å². The molecule has 0 N–H and O–H groups in total. The van der Waals surface area contributed by atoms with Crippen LogP contribution in [0.25, 0.3) is 16.8 Å². The molecule has 0 aliphatic carbocycles. The number of aromatic nitrogens is 3. The molecule has 0 bridgehead atoms. The van der Waals surface area contributed by atoms with Gasteiger partial charge in [-0.05, 0) is 12.1 Å². The molecule has 17 heavy (non-hydrogen) atoms. The van der Waals surface area contributed by atoms with E-state index in [4.69, 9.17) is 10.7 Å². The number of benzene rings is 1. The van der Waals surface area contributed by atoms with Crippen LogP contribution in [-0.2, 0) is 16.1 Å². The molecule has 0 aliphatic rings. The van der Waals surface area contributed by atoms with Crippen LogP contribution in [0.3, 0.4) is 0 Å². The molecule has 88 valence electrons. The van der Waals surface area contributed by atoms with E-state index in [9.17, 15) is 8.42 Å². The first-order chi connectivity index (χ1) is 7.98. The van der Waals surface area contributed by atoms with E-state index in [0.717, 1.165) is 11.0 Å².